The summed E-state index contributed by atoms with van der Waals surface area (Å²) in [6, 6.07) is 1.66. The van der Waals surface area contributed by atoms with Crippen LogP contribution in [-0.4, -0.2) is 32.9 Å². The smallest absolute Gasteiger partial charge is 0.346 e. The first-order chi connectivity index (χ1) is 6.61. The molecular formula is C8H13N3O2S. The van der Waals surface area contributed by atoms with Crippen molar-refractivity contribution in [1.82, 2.24) is 9.78 Å². The third-order valence-electron chi connectivity index (χ3n) is 1.97. The quantitative estimate of drug-likeness (QED) is 0.740. The Hall–Kier alpha value is -1.01. The van der Waals surface area contributed by atoms with Gasteiger partial charge in [-0.2, -0.15) is 16.9 Å². The van der Waals surface area contributed by atoms with Crippen molar-refractivity contribution in [2.24, 2.45) is 5.73 Å². The van der Waals surface area contributed by atoms with Crippen LogP contribution < -0.4 is 5.73 Å². The third-order valence-corrected chi connectivity index (χ3v) is 2.58. The summed E-state index contributed by atoms with van der Waals surface area (Å²) in [6.45, 7) is 0. The van der Waals surface area contributed by atoms with Crippen LogP contribution in [0, 0.1) is 0 Å². The first-order valence-electron chi connectivity index (χ1n) is 4.12. The molecule has 1 aromatic rings. The van der Waals surface area contributed by atoms with Gasteiger partial charge in [0, 0.05) is 18.8 Å². The number of nitrogens with zero attached hydrogens (tertiary/aromatic N) is 2. The zero-order chi connectivity index (χ0) is 10.6. The van der Waals surface area contributed by atoms with E-state index in [-0.39, 0.29) is 0 Å². The third kappa shape index (κ3) is 2.08. The predicted molar refractivity (Wildman–Crippen MR) is 55.0 cm³/mol. The minimum absolute atomic E-state index is 0.352. The maximum atomic E-state index is 11.0. The SMILES string of the molecule is CSCCC(N)(C(=O)O)n1cccn1. The van der Waals surface area contributed by atoms with Gasteiger partial charge < -0.3 is 5.11 Å². The fourth-order valence-electron chi connectivity index (χ4n) is 1.08. The first-order valence-corrected chi connectivity index (χ1v) is 5.52. The van der Waals surface area contributed by atoms with Crippen LogP contribution in [0.3, 0.4) is 0 Å². The Labute approximate surface area is 86.3 Å². The Morgan fingerprint density at radius 2 is 2.50 bits per heavy atom. The fourth-order valence-corrected chi connectivity index (χ4v) is 1.60. The molecular weight excluding hydrogens is 202 g/mol. The molecule has 1 atom stereocenters. The lowest BCUT2D eigenvalue weighted by Gasteiger charge is -2.24. The molecule has 3 N–H and O–H groups in total. The Kier molecular flexibility index (Phi) is 3.54. The van der Waals surface area contributed by atoms with Crippen LogP contribution in [-0.2, 0) is 10.5 Å². The maximum Gasteiger partial charge on any atom is 0.346 e. The summed E-state index contributed by atoms with van der Waals surface area (Å²) >= 11 is 1.56. The molecule has 14 heavy (non-hydrogen) atoms. The van der Waals surface area contributed by atoms with Crippen molar-refractivity contribution in [2.45, 2.75) is 12.1 Å². The van der Waals surface area contributed by atoms with E-state index in [2.05, 4.69) is 5.10 Å². The standard InChI is InChI=1S/C8H13N3O2S/c1-14-6-3-8(9,7(12)13)11-5-2-4-10-11/h2,4-5H,3,6,9H2,1H3,(H,12,13). The molecule has 0 bridgehead atoms. The van der Waals surface area contributed by atoms with Crippen molar-refractivity contribution in [3.63, 3.8) is 0 Å². The summed E-state index contributed by atoms with van der Waals surface area (Å²) in [7, 11) is 0. The fraction of sp³-hybridized carbons (Fsp3) is 0.500. The van der Waals surface area contributed by atoms with E-state index in [0.717, 1.165) is 0 Å². The number of carboxylic acid groups (broad SMARTS) is 1. The highest BCUT2D eigenvalue weighted by molar-refractivity contribution is 7.98. The van der Waals surface area contributed by atoms with Gasteiger partial charge in [-0.05, 0) is 18.1 Å². The van der Waals surface area contributed by atoms with Crippen molar-refractivity contribution in [3.05, 3.63) is 18.5 Å². The van der Waals surface area contributed by atoms with Crippen LogP contribution in [0.4, 0.5) is 0 Å². The Morgan fingerprint density at radius 1 is 1.79 bits per heavy atom. The second-order valence-corrected chi connectivity index (χ2v) is 3.91. The van der Waals surface area contributed by atoms with E-state index in [0.29, 0.717) is 12.2 Å². The Morgan fingerprint density at radius 3 is 2.93 bits per heavy atom. The summed E-state index contributed by atoms with van der Waals surface area (Å²) in [5, 5.41) is 12.9. The number of aromatic nitrogens is 2. The molecule has 0 radical (unpaired) electrons. The average Bonchev–Trinajstić information content (AvgIpc) is 2.66. The number of aliphatic carboxylic acids is 1. The van der Waals surface area contributed by atoms with Gasteiger partial charge in [-0.25, -0.2) is 9.48 Å². The van der Waals surface area contributed by atoms with Crippen LogP contribution >= 0.6 is 11.8 Å². The monoisotopic (exact) mass is 215 g/mol. The number of carboxylic acids is 1. The second-order valence-electron chi connectivity index (χ2n) is 2.92. The highest BCUT2D eigenvalue weighted by Crippen LogP contribution is 2.16. The van der Waals surface area contributed by atoms with Crippen molar-refractivity contribution < 1.29 is 9.90 Å². The molecule has 6 heteroatoms. The molecule has 78 valence electrons. The molecule has 5 nitrogen and oxygen atoms in total. The van der Waals surface area contributed by atoms with Gasteiger partial charge in [0.1, 0.15) is 0 Å². The summed E-state index contributed by atoms with van der Waals surface area (Å²) in [5.74, 6) is -0.377. The Bertz CT molecular complexity index is 302. The van der Waals surface area contributed by atoms with E-state index in [1.807, 2.05) is 6.26 Å². The van der Waals surface area contributed by atoms with E-state index in [1.54, 1.807) is 24.0 Å². The second kappa shape index (κ2) is 4.47. The highest BCUT2D eigenvalue weighted by atomic mass is 32.2. The number of nitrogens with two attached hydrogens (primary N) is 1. The van der Waals surface area contributed by atoms with E-state index in [4.69, 9.17) is 10.8 Å². The molecule has 0 aliphatic rings. The lowest BCUT2D eigenvalue weighted by molar-refractivity contribution is -0.148. The molecule has 0 fully saturated rings. The van der Waals surface area contributed by atoms with Crippen molar-refractivity contribution in [2.75, 3.05) is 12.0 Å². The summed E-state index contributed by atoms with van der Waals surface area (Å²) in [5.41, 5.74) is 4.36. The number of thioether (sulfide) groups is 1. The first kappa shape index (κ1) is 11.1. The van der Waals surface area contributed by atoms with E-state index >= 15 is 0 Å². The normalized spacial score (nSPS) is 15.0. The maximum absolute atomic E-state index is 11.0. The van der Waals surface area contributed by atoms with Crippen molar-refractivity contribution >= 4 is 17.7 Å². The van der Waals surface area contributed by atoms with Gasteiger partial charge in [-0.1, -0.05) is 0 Å². The molecule has 0 spiro atoms. The molecule has 1 unspecified atom stereocenters. The van der Waals surface area contributed by atoms with E-state index in [1.165, 1.54) is 10.9 Å². The van der Waals surface area contributed by atoms with E-state index < -0.39 is 11.6 Å². The van der Waals surface area contributed by atoms with E-state index in [9.17, 15) is 4.79 Å². The van der Waals surface area contributed by atoms with Gasteiger partial charge in [0.15, 0.2) is 0 Å². The molecule has 0 amide bonds. The number of hydrogen-bond acceptors (Lipinski definition) is 4. The molecule has 0 aliphatic heterocycles. The van der Waals surface area contributed by atoms with Gasteiger partial charge in [0.25, 0.3) is 0 Å². The number of hydrogen-bond donors (Lipinski definition) is 2. The molecule has 1 aromatic heterocycles. The Balaban J connectivity index is 2.87. The van der Waals surface area contributed by atoms with Crippen molar-refractivity contribution in [3.8, 4) is 0 Å². The number of rotatable bonds is 5. The van der Waals surface area contributed by atoms with Crippen LogP contribution in [0.25, 0.3) is 0 Å². The zero-order valence-corrected chi connectivity index (χ0v) is 8.70. The molecule has 0 aliphatic carbocycles. The van der Waals surface area contributed by atoms with Crippen LogP contribution in [0.15, 0.2) is 18.5 Å². The highest BCUT2D eigenvalue weighted by Gasteiger charge is 2.35. The summed E-state index contributed by atoms with van der Waals surface area (Å²) < 4.78 is 1.28. The lowest BCUT2D eigenvalue weighted by Crippen LogP contribution is -2.51. The molecule has 1 rings (SSSR count). The van der Waals surface area contributed by atoms with Crippen molar-refractivity contribution in [1.29, 1.82) is 0 Å². The minimum atomic E-state index is -1.42. The summed E-state index contributed by atoms with van der Waals surface area (Å²) in [4.78, 5) is 11.0. The van der Waals surface area contributed by atoms with Crippen LogP contribution in [0.1, 0.15) is 6.42 Å². The van der Waals surface area contributed by atoms with Crippen LogP contribution in [0.2, 0.25) is 0 Å². The average molecular weight is 215 g/mol. The summed E-state index contributed by atoms with van der Waals surface area (Å²) in [6.07, 6.45) is 5.34. The van der Waals surface area contributed by atoms with Crippen LogP contribution in [0.5, 0.6) is 0 Å². The topological polar surface area (TPSA) is 81.1 Å². The molecule has 0 saturated heterocycles. The largest absolute Gasteiger partial charge is 0.478 e. The minimum Gasteiger partial charge on any atom is -0.478 e. The molecule has 0 aromatic carbocycles. The number of carbonyl (C=O) groups is 1. The molecule has 0 saturated carbocycles. The molecule has 1 heterocycles. The lowest BCUT2D eigenvalue weighted by atomic mass is 10.1. The van der Waals surface area contributed by atoms with Gasteiger partial charge >= 0.3 is 5.97 Å². The van der Waals surface area contributed by atoms with Gasteiger partial charge in [-0.15, -0.1) is 0 Å². The van der Waals surface area contributed by atoms with Gasteiger partial charge in [0.05, 0.1) is 0 Å². The van der Waals surface area contributed by atoms with Gasteiger partial charge in [-0.3, -0.25) is 5.73 Å². The zero-order valence-electron chi connectivity index (χ0n) is 7.88. The predicted octanol–water partition coefficient (Wildman–Crippen LogP) is 0.332. The van der Waals surface area contributed by atoms with Gasteiger partial charge in [0.2, 0.25) is 5.66 Å².